The Hall–Kier alpha value is -1.75. The van der Waals surface area contributed by atoms with Crippen LogP contribution in [-0.2, 0) is 9.47 Å². The third-order valence-electron chi connectivity index (χ3n) is 6.28. The van der Waals surface area contributed by atoms with E-state index in [0.717, 1.165) is 29.7 Å². The number of amides is 1. The van der Waals surface area contributed by atoms with Gasteiger partial charge >= 0.3 is 6.09 Å². The Balaban J connectivity index is 1.20. The lowest BCUT2D eigenvalue weighted by Crippen LogP contribution is -2.35. The molecule has 4 fully saturated rings. The van der Waals surface area contributed by atoms with E-state index >= 15 is 0 Å². The van der Waals surface area contributed by atoms with Gasteiger partial charge in [0.15, 0.2) is 0 Å². The average molecular weight is 315 g/mol. The van der Waals surface area contributed by atoms with Gasteiger partial charge in [-0.2, -0.15) is 0 Å². The molecule has 4 aliphatic rings. The zero-order valence-electron chi connectivity index (χ0n) is 13.1. The van der Waals surface area contributed by atoms with Crippen LogP contribution in [0.4, 0.5) is 10.5 Å². The van der Waals surface area contributed by atoms with Gasteiger partial charge < -0.3 is 14.2 Å². The van der Waals surface area contributed by atoms with E-state index in [0.29, 0.717) is 24.0 Å². The minimum Gasteiger partial charge on any atom is -0.497 e. The number of carbonyl (C=O) groups is 1. The first kappa shape index (κ1) is 13.7. The van der Waals surface area contributed by atoms with Crippen LogP contribution in [0.3, 0.4) is 0 Å². The molecule has 5 nitrogen and oxygen atoms in total. The number of nitrogens with one attached hydrogen (secondary N) is 1. The summed E-state index contributed by atoms with van der Waals surface area (Å²) in [5, 5.41) is 2.82. The highest BCUT2D eigenvalue weighted by Crippen LogP contribution is 2.64. The summed E-state index contributed by atoms with van der Waals surface area (Å²) in [6.45, 7) is 0. The highest BCUT2D eigenvalue weighted by atomic mass is 16.6. The van der Waals surface area contributed by atoms with Crippen LogP contribution < -0.4 is 10.1 Å². The van der Waals surface area contributed by atoms with Gasteiger partial charge in [-0.15, -0.1) is 0 Å². The number of epoxide rings is 1. The summed E-state index contributed by atoms with van der Waals surface area (Å²) in [6, 6.07) is 7.28. The molecule has 0 unspecified atom stereocenters. The van der Waals surface area contributed by atoms with Crippen LogP contribution in [0.1, 0.15) is 19.3 Å². The first-order valence-corrected chi connectivity index (χ1v) is 8.50. The zero-order valence-corrected chi connectivity index (χ0v) is 13.1. The smallest absolute Gasteiger partial charge is 0.411 e. The Bertz CT molecular complexity index is 630. The lowest BCUT2D eigenvalue weighted by atomic mass is 9.79. The highest BCUT2D eigenvalue weighted by Gasteiger charge is 2.67. The Morgan fingerprint density at radius 3 is 2.78 bits per heavy atom. The third-order valence-corrected chi connectivity index (χ3v) is 6.28. The van der Waals surface area contributed by atoms with Gasteiger partial charge in [-0.25, -0.2) is 4.79 Å². The molecule has 1 aromatic carbocycles. The van der Waals surface area contributed by atoms with Crippen LogP contribution in [-0.4, -0.2) is 31.5 Å². The van der Waals surface area contributed by atoms with Crippen LogP contribution in [0.15, 0.2) is 24.3 Å². The fourth-order valence-corrected chi connectivity index (χ4v) is 5.36. The summed E-state index contributed by atoms with van der Waals surface area (Å²) in [4.78, 5) is 12.2. The van der Waals surface area contributed by atoms with Gasteiger partial charge in [-0.05, 0) is 67.2 Å². The number of methoxy groups -OCH3 is 1. The van der Waals surface area contributed by atoms with Crippen molar-refractivity contribution in [3.8, 4) is 5.75 Å². The standard InChI is InChI=1S/C18H21NO4/c1-21-11-4-2-10(3-5-11)19-18(20)23-14-7-9-6-12(14)13-8-15-17(22-15)16(9)13/h2-5,9,12-17H,6-8H2,1H3,(H,19,20)/t9-,12-,13-,14+,15-,16-,17+/m1/s1. The fourth-order valence-electron chi connectivity index (χ4n) is 5.36. The normalized spacial score (nSPS) is 42.0. The Kier molecular flexibility index (Phi) is 2.89. The van der Waals surface area contributed by atoms with E-state index in [1.807, 2.05) is 24.3 Å². The van der Waals surface area contributed by atoms with Crippen LogP contribution in [0.25, 0.3) is 0 Å². The molecule has 1 heterocycles. The molecular formula is C18H21NO4. The molecule has 0 aromatic heterocycles. The van der Waals surface area contributed by atoms with Crippen molar-refractivity contribution < 1.29 is 19.0 Å². The SMILES string of the molecule is COc1ccc(NC(=O)O[C@H]2C[C@H]3C[C@@H]2[C@H]2C[C@H]4O[C@@H]4[C@H]32)cc1. The van der Waals surface area contributed by atoms with Crippen molar-refractivity contribution in [2.75, 3.05) is 12.4 Å². The Morgan fingerprint density at radius 1 is 1.17 bits per heavy atom. The number of anilines is 1. The van der Waals surface area contributed by atoms with E-state index in [-0.39, 0.29) is 12.2 Å². The van der Waals surface area contributed by atoms with Crippen LogP contribution >= 0.6 is 0 Å². The molecule has 2 bridgehead atoms. The molecule has 1 amide bonds. The van der Waals surface area contributed by atoms with Gasteiger partial charge in [0.1, 0.15) is 11.9 Å². The molecule has 5 heteroatoms. The number of hydrogen-bond acceptors (Lipinski definition) is 4. The van der Waals surface area contributed by atoms with E-state index in [1.54, 1.807) is 7.11 Å². The van der Waals surface area contributed by atoms with Crippen molar-refractivity contribution in [2.24, 2.45) is 23.7 Å². The van der Waals surface area contributed by atoms with Crippen molar-refractivity contribution in [3.63, 3.8) is 0 Å². The average Bonchev–Trinajstić information content (AvgIpc) is 2.92. The molecule has 3 aliphatic carbocycles. The minimum absolute atomic E-state index is 0.0806. The molecule has 122 valence electrons. The van der Waals surface area contributed by atoms with Crippen molar-refractivity contribution in [2.45, 2.75) is 37.6 Å². The van der Waals surface area contributed by atoms with E-state index < -0.39 is 0 Å². The largest absolute Gasteiger partial charge is 0.497 e. The minimum atomic E-state index is -0.344. The second-order valence-electron chi connectivity index (χ2n) is 7.31. The summed E-state index contributed by atoms with van der Waals surface area (Å²) in [7, 11) is 1.62. The van der Waals surface area contributed by atoms with Gasteiger partial charge in [0.05, 0.1) is 19.3 Å². The number of ether oxygens (including phenoxy) is 3. The van der Waals surface area contributed by atoms with Gasteiger partial charge in [0, 0.05) is 5.69 Å². The number of benzene rings is 1. The molecule has 0 spiro atoms. The maximum Gasteiger partial charge on any atom is 0.411 e. The highest BCUT2D eigenvalue weighted by molar-refractivity contribution is 5.84. The monoisotopic (exact) mass is 315 g/mol. The molecule has 1 aromatic rings. The molecule has 1 aliphatic heterocycles. The number of carbonyl (C=O) groups excluding carboxylic acids is 1. The summed E-state index contributed by atoms with van der Waals surface area (Å²) in [6.07, 6.45) is 4.18. The topological polar surface area (TPSA) is 60.1 Å². The van der Waals surface area contributed by atoms with E-state index in [9.17, 15) is 4.79 Å². The molecule has 1 N–H and O–H groups in total. The number of fused-ring (bicyclic) bond motifs is 7. The second kappa shape index (κ2) is 4.87. The van der Waals surface area contributed by atoms with Crippen molar-refractivity contribution in [1.82, 2.24) is 0 Å². The molecule has 1 saturated heterocycles. The summed E-state index contributed by atoms with van der Waals surface area (Å²) < 4.78 is 16.6. The first-order valence-electron chi connectivity index (χ1n) is 8.50. The molecular weight excluding hydrogens is 294 g/mol. The maximum absolute atomic E-state index is 12.2. The summed E-state index contributed by atoms with van der Waals surface area (Å²) in [5.74, 6) is 3.47. The first-order chi connectivity index (χ1) is 11.2. The predicted octanol–water partition coefficient (Wildman–Crippen LogP) is 3.06. The molecule has 7 atom stereocenters. The van der Waals surface area contributed by atoms with Gasteiger partial charge in [0.25, 0.3) is 0 Å². The van der Waals surface area contributed by atoms with Crippen molar-refractivity contribution >= 4 is 11.8 Å². The van der Waals surface area contributed by atoms with Crippen LogP contribution in [0.2, 0.25) is 0 Å². The zero-order chi connectivity index (χ0) is 15.6. The van der Waals surface area contributed by atoms with E-state index in [1.165, 1.54) is 12.8 Å². The number of rotatable bonds is 3. The van der Waals surface area contributed by atoms with E-state index in [2.05, 4.69) is 5.32 Å². The Labute approximate surface area is 135 Å². The fraction of sp³-hybridized carbons (Fsp3) is 0.611. The van der Waals surface area contributed by atoms with Crippen LogP contribution in [0.5, 0.6) is 5.75 Å². The lowest BCUT2D eigenvalue weighted by molar-refractivity contribution is 0.0251. The van der Waals surface area contributed by atoms with Gasteiger partial charge in [-0.1, -0.05) is 0 Å². The Morgan fingerprint density at radius 2 is 2.00 bits per heavy atom. The van der Waals surface area contributed by atoms with Gasteiger partial charge in [-0.3, -0.25) is 5.32 Å². The third kappa shape index (κ3) is 2.13. The quantitative estimate of drug-likeness (QED) is 0.871. The summed E-state index contributed by atoms with van der Waals surface area (Å²) in [5.41, 5.74) is 0.729. The van der Waals surface area contributed by atoms with Crippen LogP contribution in [0, 0.1) is 23.7 Å². The lowest BCUT2D eigenvalue weighted by Gasteiger charge is -2.32. The number of hydrogen-bond donors (Lipinski definition) is 1. The molecule has 0 radical (unpaired) electrons. The maximum atomic E-state index is 12.2. The molecule has 23 heavy (non-hydrogen) atoms. The molecule has 5 rings (SSSR count). The molecule has 3 saturated carbocycles. The van der Waals surface area contributed by atoms with Crippen molar-refractivity contribution in [1.29, 1.82) is 0 Å². The van der Waals surface area contributed by atoms with Crippen molar-refractivity contribution in [3.05, 3.63) is 24.3 Å². The predicted molar refractivity (Wildman–Crippen MR) is 83.4 cm³/mol. The van der Waals surface area contributed by atoms with Gasteiger partial charge in [0.2, 0.25) is 0 Å². The summed E-state index contributed by atoms with van der Waals surface area (Å²) >= 11 is 0. The second-order valence-corrected chi connectivity index (χ2v) is 7.31. The van der Waals surface area contributed by atoms with E-state index in [4.69, 9.17) is 14.2 Å².